The van der Waals surface area contributed by atoms with Crippen molar-refractivity contribution in [1.29, 1.82) is 0 Å². The molecule has 0 aliphatic carbocycles. The first-order valence-electron chi connectivity index (χ1n) is 6.13. The number of aromatic nitrogens is 4. The molecule has 0 unspecified atom stereocenters. The lowest BCUT2D eigenvalue weighted by Gasteiger charge is -2.03. The van der Waals surface area contributed by atoms with Crippen LogP contribution in [0.1, 0.15) is 0 Å². The summed E-state index contributed by atoms with van der Waals surface area (Å²) in [6, 6.07) is 11.8. The summed E-state index contributed by atoms with van der Waals surface area (Å²) in [6.07, 6.45) is 4.94. The summed E-state index contributed by atoms with van der Waals surface area (Å²) in [5.74, 6) is 0.586. The molecule has 0 atom stereocenters. The Morgan fingerprint density at radius 2 is 2.00 bits per heavy atom. The zero-order valence-corrected chi connectivity index (χ0v) is 10.9. The van der Waals surface area contributed by atoms with Crippen LogP contribution in [0.3, 0.4) is 0 Å². The Morgan fingerprint density at radius 1 is 1.15 bits per heavy atom. The number of nitrogens with one attached hydrogen (secondary N) is 1. The highest BCUT2D eigenvalue weighted by Crippen LogP contribution is 2.20. The molecule has 0 bridgehead atoms. The fraction of sp³-hybridized carbons (Fsp3) is 0.0714. The highest BCUT2D eigenvalue weighted by molar-refractivity contribution is 5.44. The van der Waals surface area contributed by atoms with Gasteiger partial charge < -0.3 is 10.1 Å². The predicted octanol–water partition coefficient (Wildman–Crippen LogP) is 2.50. The van der Waals surface area contributed by atoms with E-state index >= 15 is 0 Å². The maximum absolute atomic E-state index is 5.58. The number of ether oxygens (including phenoxy) is 1. The van der Waals surface area contributed by atoms with Gasteiger partial charge in [0, 0.05) is 13.1 Å². The summed E-state index contributed by atoms with van der Waals surface area (Å²) < 4.78 is 7.23. The minimum absolute atomic E-state index is 0.281. The number of hydrogen-bond acceptors (Lipinski definition) is 5. The van der Waals surface area contributed by atoms with Gasteiger partial charge in [-0.15, -0.1) is 5.10 Å². The molecule has 3 aromatic rings. The second-order valence-corrected chi connectivity index (χ2v) is 4.07. The number of hydrogen-bond donors (Lipinski definition) is 1. The quantitative estimate of drug-likeness (QED) is 0.786. The van der Waals surface area contributed by atoms with Gasteiger partial charge in [0.25, 0.3) is 0 Å². The fourth-order valence-corrected chi connectivity index (χ4v) is 1.72. The van der Waals surface area contributed by atoms with E-state index in [0.717, 1.165) is 11.4 Å². The Balaban J connectivity index is 1.80. The van der Waals surface area contributed by atoms with Crippen LogP contribution in [-0.4, -0.2) is 26.8 Å². The molecule has 0 saturated heterocycles. The van der Waals surface area contributed by atoms with Gasteiger partial charge in [0.2, 0.25) is 0 Å². The maximum Gasteiger partial charge on any atom is 0.341 e. The van der Waals surface area contributed by atoms with Crippen LogP contribution in [0.2, 0.25) is 0 Å². The first kappa shape index (κ1) is 12.2. The summed E-state index contributed by atoms with van der Waals surface area (Å²) in [7, 11) is 1.82. The molecule has 0 aliphatic rings. The molecular weight excluding hydrogens is 254 g/mol. The summed E-state index contributed by atoms with van der Waals surface area (Å²) in [5.41, 5.74) is 1.79. The number of anilines is 1. The number of para-hydroxylation sites is 1. The van der Waals surface area contributed by atoms with Gasteiger partial charge in [0.15, 0.2) is 5.75 Å². The average molecular weight is 267 g/mol. The third-order valence-corrected chi connectivity index (χ3v) is 2.70. The van der Waals surface area contributed by atoms with Crippen LogP contribution in [0.15, 0.2) is 55.1 Å². The van der Waals surface area contributed by atoms with E-state index < -0.39 is 0 Å². The molecule has 100 valence electrons. The molecule has 0 spiro atoms. The Hall–Kier alpha value is -2.89. The Bertz CT molecular complexity index is 696. The lowest BCUT2D eigenvalue weighted by atomic mass is 10.3. The van der Waals surface area contributed by atoms with E-state index in [0.29, 0.717) is 5.75 Å². The van der Waals surface area contributed by atoms with E-state index in [4.69, 9.17) is 4.74 Å². The van der Waals surface area contributed by atoms with Crippen molar-refractivity contribution < 1.29 is 4.74 Å². The molecule has 0 aliphatic heterocycles. The minimum Gasteiger partial charge on any atom is -0.421 e. The molecule has 1 N–H and O–H groups in total. The van der Waals surface area contributed by atoms with Gasteiger partial charge in [-0.05, 0) is 12.1 Å². The van der Waals surface area contributed by atoms with E-state index in [2.05, 4.69) is 20.4 Å². The van der Waals surface area contributed by atoms with Crippen molar-refractivity contribution in [3.63, 3.8) is 0 Å². The van der Waals surface area contributed by atoms with Crippen molar-refractivity contribution in [3.8, 4) is 17.4 Å². The van der Waals surface area contributed by atoms with Gasteiger partial charge in [-0.3, -0.25) is 4.98 Å². The highest BCUT2D eigenvalue weighted by Gasteiger charge is 2.05. The molecular formula is C14H13N5O. The molecule has 0 fully saturated rings. The second-order valence-electron chi connectivity index (χ2n) is 4.07. The Labute approximate surface area is 116 Å². The van der Waals surface area contributed by atoms with Crippen molar-refractivity contribution >= 4 is 5.69 Å². The lowest BCUT2D eigenvalue weighted by molar-refractivity contribution is 0.440. The summed E-state index contributed by atoms with van der Waals surface area (Å²) in [5, 5.41) is 7.26. The van der Waals surface area contributed by atoms with Crippen LogP contribution in [-0.2, 0) is 0 Å². The third kappa shape index (κ3) is 2.59. The number of nitrogens with zero attached hydrogens (tertiary/aromatic N) is 4. The lowest BCUT2D eigenvalue weighted by Crippen LogP contribution is -1.95. The van der Waals surface area contributed by atoms with Crippen LogP contribution < -0.4 is 10.1 Å². The van der Waals surface area contributed by atoms with Gasteiger partial charge in [0.1, 0.15) is 6.33 Å². The van der Waals surface area contributed by atoms with Crippen molar-refractivity contribution in [1.82, 2.24) is 19.7 Å². The molecule has 0 radical (unpaired) electrons. The molecule has 2 heterocycles. The molecule has 1 aromatic carbocycles. The van der Waals surface area contributed by atoms with Crippen molar-refractivity contribution in [2.24, 2.45) is 0 Å². The van der Waals surface area contributed by atoms with Gasteiger partial charge in [-0.1, -0.05) is 18.2 Å². The van der Waals surface area contributed by atoms with E-state index in [1.165, 1.54) is 0 Å². The highest BCUT2D eigenvalue weighted by atomic mass is 16.5. The van der Waals surface area contributed by atoms with Gasteiger partial charge in [-0.25, -0.2) is 4.68 Å². The first-order chi connectivity index (χ1) is 9.85. The minimum atomic E-state index is 0.281. The maximum atomic E-state index is 5.58. The van der Waals surface area contributed by atoms with Gasteiger partial charge >= 0.3 is 6.01 Å². The van der Waals surface area contributed by atoms with E-state index in [1.54, 1.807) is 23.4 Å². The average Bonchev–Trinajstić information content (AvgIpc) is 2.97. The van der Waals surface area contributed by atoms with E-state index in [1.807, 2.05) is 43.4 Å². The van der Waals surface area contributed by atoms with Crippen LogP contribution in [0, 0.1) is 0 Å². The van der Waals surface area contributed by atoms with Crippen LogP contribution in [0.25, 0.3) is 5.69 Å². The first-order valence-corrected chi connectivity index (χ1v) is 6.13. The largest absolute Gasteiger partial charge is 0.421 e. The van der Waals surface area contributed by atoms with Crippen LogP contribution >= 0.6 is 0 Å². The van der Waals surface area contributed by atoms with Crippen LogP contribution in [0.5, 0.6) is 11.8 Å². The summed E-state index contributed by atoms with van der Waals surface area (Å²) >= 11 is 0. The fourth-order valence-electron chi connectivity index (χ4n) is 1.72. The van der Waals surface area contributed by atoms with Crippen molar-refractivity contribution in [2.75, 3.05) is 12.4 Å². The molecule has 6 nitrogen and oxygen atoms in total. The third-order valence-electron chi connectivity index (χ3n) is 2.70. The topological polar surface area (TPSA) is 64.9 Å². The molecule has 0 saturated carbocycles. The molecule has 20 heavy (non-hydrogen) atoms. The Kier molecular flexibility index (Phi) is 3.28. The van der Waals surface area contributed by atoms with E-state index in [-0.39, 0.29) is 6.01 Å². The van der Waals surface area contributed by atoms with Gasteiger partial charge in [-0.2, -0.15) is 4.98 Å². The SMILES string of the molecule is CNc1cncc(Oc2ncn(-c3ccccc3)n2)c1. The second kappa shape index (κ2) is 5.40. The molecule has 3 rings (SSSR count). The number of rotatable bonds is 4. The standard InChI is InChI=1S/C14H13N5O/c1-15-11-7-13(9-16-8-11)20-14-17-10-19(18-14)12-5-3-2-4-6-12/h2-10,15H,1H3. The number of benzene rings is 1. The smallest absolute Gasteiger partial charge is 0.341 e. The molecule has 2 aromatic heterocycles. The van der Waals surface area contributed by atoms with Crippen molar-refractivity contribution in [2.45, 2.75) is 0 Å². The summed E-state index contributed by atoms with van der Waals surface area (Å²) in [6.45, 7) is 0. The zero-order chi connectivity index (χ0) is 13.8. The molecule has 0 amide bonds. The zero-order valence-electron chi connectivity index (χ0n) is 10.9. The Morgan fingerprint density at radius 3 is 2.80 bits per heavy atom. The van der Waals surface area contributed by atoms with Crippen LogP contribution in [0.4, 0.5) is 5.69 Å². The molecule has 6 heteroatoms. The normalized spacial score (nSPS) is 10.2. The van der Waals surface area contributed by atoms with E-state index in [9.17, 15) is 0 Å². The van der Waals surface area contributed by atoms with Gasteiger partial charge in [0.05, 0.1) is 23.8 Å². The predicted molar refractivity (Wildman–Crippen MR) is 75.2 cm³/mol. The number of pyridine rings is 1. The monoisotopic (exact) mass is 267 g/mol. The summed E-state index contributed by atoms with van der Waals surface area (Å²) in [4.78, 5) is 8.19. The van der Waals surface area contributed by atoms with Crippen molar-refractivity contribution in [3.05, 3.63) is 55.1 Å².